The molecular formula is C20H22ClF2N5. The minimum Gasteiger partial charge on any atom is -0.378 e. The van der Waals surface area contributed by atoms with Crippen LogP contribution in [0.2, 0.25) is 0 Å². The Labute approximate surface area is 168 Å². The van der Waals surface area contributed by atoms with Gasteiger partial charge >= 0.3 is 0 Å². The van der Waals surface area contributed by atoms with Gasteiger partial charge in [-0.2, -0.15) is 0 Å². The molecular weight excluding hydrogens is 384 g/mol. The minimum atomic E-state index is -0.806. The molecule has 28 heavy (non-hydrogen) atoms. The molecule has 0 amide bonds. The van der Waals surface area contributed by atoms with Crippen molar-refractivity contribution in [2.24, 2.45) is 0 Å². The number of halogens is 3. The van der Waals surface area contributed by atoms with Crippen LogP contribution < -0.4 is 10.2 Å². The summed E-state index contributed by atoms with van der Waals surface area (Å²) in [6.45, 7) is 0.584. The molecule has 148 valence electrons. The van der Waals surface area contributed by atoms with Crippen molar-refractivity contribution in [2.75, 3.05) is 19.0 Å². The Morgan fingerprint density at radius 3 is 2.54 bits per heavy atom. The zero-order valence-corrected chi connectivity index (χ0v) is 16.5. The van der Waals surface area contributed by atoms with Crippen LogP contribution >= 0.6 is 12.4 Å². The van der Waals surface area contributed by atoms with Gasteiger partial charge in [0.1, 0.15) is 0 Å². The molecule has 3 aromatic rings. The summed E-state index contributed by atoms with van der Waals surface area (Å²) in [5.41, 5.74) is 3.74. The van der Waals surface area contributed by atoms with Gasteiger partial charge < -0.3 is 10.2 Å². The lowest BCUT2D eigenvalue weighted by Gasteiger charge is -2.12. The quantitative estimate of drug-likeness (QED) is 0.679. The third-order valence-corrected chi connectivity index (χ3v) is 4.88. The summed E-state index contributed by atoms with van der Waals surface area (Å²) in [7, 11) is 4.00. The van der Waals surface area contributed by atoms with Crippen LogP contribution in [0.4, 0.5) is 14.5 Å². The topological polar surface area (TPSA) is 46.0 Å². The first-order chi connectivity index (χ1) is 13.0. The second-order valence-corrected chi connectivity index (χ2v) is 7.07. The molecule has 0 radical (unpaired) electrons. The van der Waals surface area contributed by atoms with Crippen LogP contribution in [0.3, 0.4) is 0 Å². The third kappa shape index (κ3) is 4.31. The maximum Gasteiger partial charge on any atom is 0.159 e. The molecule has 1 fully saturated rings. The molecule has 1 aliphatic rings. The molecule has 0 aliphatic heterocycles. The highest BCUT2D eigenvalue weighted by Crippen LogP contribution is 2.41. The van der Waals surface area contributed by atoms with Crippen LogP contribution in [-0.4, -0.2) is 35.1 Å². The number of nitrogens with zero attached hydrogens (tertiary/aromatic N) is 4. The van der Waals surface area contributed by atoms with Gasteiger partial charge in [0.05, 0.1) is 17.6 Å². The van der Waals surface area contributed by atoms with Gasteiger partial charge in [-0.25, -0.2) is 13.5 Å². The van der Waals surface area contributed by atoms with E-state index in [1.807, 2.05) is 49.5 Å². The summed E-state index contributed by atoms with van der Waals surface area (Å²) >= 11 is 0. The molecule has 4 rings (SSSR count). The number of hydrogen-bond donors (Lipinski definition) is 1. The van der Waals surface area contributed by atoms with E-state index in [9.17, 15) is 8.78 Å². The Bertz CT molecular complexity index is 942. The number of aromatic nitrogens is 3. The van der Waals surface area contributed by atoms with Gasteiger partial charge in [0.2, 0.25) is 0 Å². The van der Waals surface area contributed by atoms with E-state index in [4.69, 9.17) is 0 Å². The fourth-order valence-electron chi connectivity index (χ4n) is 3.18. The van der Waals surface area contributed by atoms with Crippen LogP contribution in [0.1, 0.15) is 23.6 Å². The SMILES string of the molecule is CN(C)c1ccc(-n2cc(CN[C@@H]3C[C@H]3c3ccc(F)c(F)c3)nn2)cc1.Cl. The van der Waals surface area contributed by atoms with Gasteiger partial charge in [0, 0.05) is 38.3 Å². The smallest absolute Gasteiger partial charge is 0.159 e. The van der Waals surface area contributed by atoms with Crippen LogP contribution in [0.15, 0.2) is 48.7 Å². The maximum absolute atomic E-state index is 13.4. The molecule has 1 heterocycles. The zero-order chi connectivity index (χ0) is 19.0. The first-order valence-corrected chi connectivity index (χ1v) is 8.88. The highest BCUT2D eigenvalue weighted by Gasteiger charge is 2.38. The molecule has 0 saturated heterocycles. The second-order valence-electron chi connectivity index (χ2n) is 7.07. The average Bonchev–Trinajstić information content (AvgIpc) is 3.29. The molecule has 0 spiro atoms. The van der Waals surface area contributed by atoms with Crippen molar-refractivity contribution in [2.45, 2.75) is 24.9 Å². The molecule has 1 aromatic heterocycles. The van der Waals surface area contributed by atoms with Gasteiger partial charge in [-0.1, -0.05) is 11.3 Å². The third-order valence-electron chi connectivity index (χ3n) is 4.88. The van der Waals surface area contributed by atoms with Crippen molar-refractivity contribution in [3.05, 3.63) is 71.6 Å². The van der Waals surface area contributed by atoms with E-state index in [0.29, 0.717) is 6.54 Å². The minimum absolute atomic E-state index is 0. The predicted octanol–water partition coefficient (Wildman–Crippen LogP) is 3.68. The molecule has 2 atom stereocenters. The largest absolute Gasteiger partial charge is 0.378 e. The highest BCUT2D eigenvalue weighted by atomic mass is 35.5. The maximum atomic E-state index is 13.4. The first-order valence-electron chi connectivity index (χ1n) is 8.88. The summed E-state index contributed by atoms with van der Waals surface area (Å²) in [5.74, 6) is -1.38. The van der Waals surface area contributed by atoms with Gasteiger partial charge in [-0.15, -0.1) is 17.5 Å². The molecule has 1 saturated carbocycles. The summed E-state index contributed by atoms with van der Waals surface area (Å²) < 4.78 is 28.1. The van der Waals surface area contributed by atoms with E-state index in [1.54, 1.807) is 10.7 Å². The number of nitrogens with one attached hydrogen (secondary N) is 1. The van der Waals surface area contributed by atoms with Crippen molar-refractivity contribution in [1.82, 2.24) is 20.3 Å². The normalized spacial score (nSPS) is 17.9. The highest BCUT2D eigenvalue weighted by molar-refractivity contribution is 5.85. The molecule has 2 aromatic carbocycles. The van der Waals surface area contributed by atoms with Crippen molar-refractivity contribution < 1.29 is 8.78 Å². The van der Waals surface area contributed by atoms with Crippen molar-refractivity contribution in [3.63, 3.8) is 0 Å². The number of rotatable bonds is 6. The van der Waals surface area contributed by atoms with E-state index in [-0.39, 0.29) is 24.4 Å². The van der Waals surface area contributed by atoms with Crippen molar-refractivity contribution >= 4 is 18.1 Å². The fourth-order valence-corrected chi connectivity index (χ4v) is 3.18. The zero-order valence-electron chi connectivity index (χ0n) is 15.6. The summed E-state index contributed by atoms with van der Waals surface area (Å²) in [5, 5.41) is 11.8. The van der Waals surface area contributed by atoms with Crippen LogP contribution in [0.25, 0.3) is 5.69 Å². The molecule has 1 aliphatic carbocycles. The Balaban J connectivity index is 0.00000225. The van der Waals surface area contributed by atoms with Crippen LogP contribution in [-0.2, 0) is 6.54 Å². The van der Waals surface area contributed by atoms with Crippen molar-refractivity contribution in [3.8, 4) is 5.69 Å². The van der Waals surface area contributed by atoms with Gasteiger partial charge in [0.25, 0.3) is 0 Å². The molecule has 0 unspecified atom stereocenters. The van der Waals surface area contributed by atoms with Gasteiger partial charge in [-0.05, 0) is 48.4 Å². The Morgan fingerprint density at radius 2 is 1.86 bits per heavy atom. The lowest BCUT2D eigenvalue weighted by atomic mass is 10.1. The molecule has 5 nitrogen and oxygen atoms in total. The predicted molar refractivity (Wildman–Crippen MR) is 107 cm³/mol. The molecule has 8 heteroatoms. The summed E-state index contributed by atoms with van der Waals surface area (Å²) in [6, 6.07) is 12.4. The summed E-state index contributed by atoms with van der Waals surface area (Å²) in [4.78, 5) is 2.04. The summed E-state index contributed by atoms with van der Waals surface area (Å²) in [6.07, 6.45) is 2.80. The molecule has 0 bridgehead atoms. The Kier molecular flexibility index (Phi) is 5.96. The average molecular weight is 406 g/mol. The lowest BCUT2D eigenvalue weighted by molar-refractivity contribution is 0.506. The van der Waals surface area contributed by atoms with Gasteiger partial charge in [0.15, 0.2) is 11.6 Å². The molecule has 1 N–H and O–H groups in total. The van der Waals surface area contributed by atoms with Crippen LogP contribution in [0.5, 0.6) is 0 Å². The number of benzene rings is 2. The standard InChI is InChI=1S/C20H21F2N5.ClH/c1-26(2)15-4-6-16(7-5-15)27-12-14(24-25-27)11-23-20-10-17(20)13-3-8-18(21)19(22)9-13;/h3-9,12,17,20,23H,10-11H2,1-2H3;1H/t17-,20+;/m0./s1. The van der Waals surface area contributed by atoms with Gasteiger partial charge in [-0.3, -0.25) is 0 Å². The van der Waals surface area contributed by atoms with E-state index in [2.05, 4.69) is 15.6 Å². The fraction of sp³-hybridized carbons (Fsp3) is 0.300. The van der Waals surface area contributed by atoms with Crippen molar-refractivity contribution in [1.29, 1.82) is 0 Å². The van der Waals surface area contributed by atoms with E-state index < -0.39 is 11.6 Å². The monoisotopic (exact) mass is 405 g/mol. The van der Waals surface area contributed by atoms with E-state index in [1.165, 1.54) is 12.1 Å². The lowest BCUT2D eigenvalue weighted by Crippen LogP contribution is -2.17. The number of anilines is 1. The second kappa shape index (κ2) is 8.24. The van der Waals surface area contributed by atoms with E-state index in [0.717, 1.165) is 29.1 Å². The van der Waals surface area contributed by atoms with Crippen LogP contribution in [0, 0.1) is 11.6 Å². The first kappa shape index (κ1) is 20.2. The van der Waals surface area contributed by atoms with E-state index >= 15 is 0 Å². The Hall–Kier alpha value is -2.51. The number of hydrogen-bond acceptors (Lipinski definition) is 4. The Morgan fingerprint density at radius 1 is 1.11 bits per heavy atom.